The van der Waals surface area contributed by atoms with Gasteiger partial charge in [0.15, 0.2) is 0 Å². The van der Waals surface area contributed by atoms with E-state index in [1.807, 2.05) is 75.4 Å². The van der Waals surface area contributed by atoms with Crippen LogP contribution in [0.3, 0.4) is 0 Å². The molecule has 0 aliphatic heterocycles. The van der Waals surface area contributed by atoms with Gasteiger partial charge in [-0.2, -0.15) is 0 Å². The molecule has 0 atom stereocenters. The van der Waals surface area contributed by atoms with Gasteiger partial charge in [-0.15, -0.1) is 0 Å². The van der Waals surface area contributed by atoms with Crippen LogP contribution in [0.25, 0.3) is 6.08 Å². The number of hydrogen-bond donors (Lipinski definition) is 1. The summed E-state index contributed by atoms with van der Waals surface area (Å²) in [6.45, 7) is 6.01. The summed E-state index contributed by atoms with van der Waals surface area (Å²) in [5.41, 5.74) is 2.99. The Morgan fingerprint density at radius 2 is 1.55 bits per heavy atom. The smallest absolute Gasteiger partial charge is 0.248 e. The quantitative estimate of drug-likeness (QED) is 0.804. The highest BCUT2D eigenvalue weighted by atomic mass is 16.1. The van der Waals surface area contributed by atoms with Gasteiger partial charge in [0.2, 0.25) is 5.91 Å². The second-order valence-corrected chi connectivity index (χ2v) is 4.10. The minimum atomic E-state index is -0.122. The Labute approximate surface area is 121 Å². The molecule has 2 aromatic rings. The average molecular weight is 267 g/mol. The van der Waals surface area contributed by atoms with Gasteiger partial charge in [0.05, 0.1) is 0 Å². The number of benzene rings is 2. The van der Waals surface area contributed by atoms with E-state index in [2.05, 4.69) is 5.32 Å². The molecule has 0 saturated carbocycles. The molecule has 0 saturated heterocycles. The Hall–Kier alpha value is -2.35. The highest BCUT2D eigenvalue weighted by molar-refractivity contribution is 6.01. The Balaban J connectivity index is 0.000000956. The molecule has 2 heteroatoms. The van der Waals surface area contributed by atoms with Crippen molar-refractivity contribution in [2.24, 2.45) is 0 Å². The van der Waals surface area contributed by atoms with Crippen LogP contribution in [0.5, 0.6) is 0 Å². The van der Waals surface area contributed by atoms with Gasteiger partial charge in [-0.3, -0.25) is 4.79 Å². The summed E-state index contributed by atoms with van der Waals surface area (Å²) in [6, 6.07) is 17.5. The highest BCUT2D eigenvalue weighted by Crippen LogP contribution is 2.09. The first kappa shape index (κ1) is 15.7. The van der Waals surface area contributed by atoms with Crippen molar-refractivity contribution < 1.29 is 4.79 Å². The summed E-state index contributed by atoms with van der Waals surface area (Å²) in [7, 11) is 0. The number of rotatable bonds is 3. The lowest BCUT2D eigenvalue weighted by molar-refractivity contribution is -0.111. The SMILES string of the molecule is CC.Cc1ccc(NC(=O)/C=C/c2ccccc2)cc1. The number of carbonyl (C=O) groups is 1. The third-order valence-electron chi connectivity index (χ3n) is 2.55. The minimum Gasteiger partial charge on any atom is -0.323 e. The van der Waals surface area contributed by atoms with Crippen LogP contribution in [0.1, 0.15) is 25.0 Å². The van der Waals surface area contributed by atoms with Crippen molar-refractivity contribution in [3.63, 3.8) is 0 Å². The maximum Gasteiger partial charge on any atom is 0.248 e. The van der Waals surface area contributed by atoms with E-state index in [9.17, 15) is 4.79 Å². The molecule has 0 spiro atoms. The molecule has 0 fully saturated rings. The fraction of sp³-hybridized carbons (Fsp3) is 0.167. The zero-order valence-electron chi connectivity index (χ0n) is 12.3. The van der Waals surface area contributed by atoms with Crippen LogP contribution in [0.2, 0.25) is 0 Å². The Bertz CT molecular complexity index is 541. The van der Waals surface area contributed by atoms with Crippen molar-refractivity contribution >= 4 is 17.7 Å². The van der Waals surface area contributed by atoms with Crippen molar-refractivity contribution in [1.29, 1.82) is 0 Å². The van der Waals surface area contributed by atoms with Gasteiger partial charge in [-0.05, 0) is 30.7 Å². The number of amides is 1. The average Bonchev–Trinajstić information content (AvgIpc) is 2.51. The van der Waals surface area contributed by atoms with E-state index in [1.54, 1.807) is 6.08 Å². The molecule has 0 aliphatic carbocycles. The molecule has 0 aromatic heterocycles. The third kappa shape index (κ3) is 5.53. The van der Waals surface area contributed by atoms with E-state index in [1.165, 1.54) is 11.6 Å². The van der Waals surface area contributed by atoms with Gasteiger partial charge in [-0.25, -0.2) is 0 Å². The van der Waals surface area contributed by atoms with Crippen LogP contribution in [0.4, 0.5) is 5.69 Å². The maximum atomic E-state index is 11.7. The maximum absolute atomic E-state index is 11.7. The minimum absolute atomic E-state index is 0.122. The van der Waals surface area contributed by atoms with Crippen LogP contribution in [0.15, 0.2) is 60.7 Å². The Kier molecular flexibility index (Phi) is 6.83. The van der Waals surface area contributed by atoms with Crippen LogP contribution in [-0.4, -0.2) is 5.91 Å². The number of anilines is 1. The van der Waals surface area contributed by atoms with Crippen molar-refractivity contribution in [2.75, 3.05) is 5.32 Å². The number of hydrogen-bond acceptors (Lipinski definition) is 1. The number of nitrogens with one attached hydrogen (secondary N) is 1. The van der Waals surface area contributed by atoms with Crippen molar-refractivity contribution in [3.05, 3.63) is 71.8 Å². The monoisotopic (exact) mass is 267 g/mol. The summed E-state index contributed by atoms with van der Waals surface area (Å²) in [4.78, 5) is 11.7. The lowest BCUT2D eigenvalue weighted by atomic mass is 10.2. The summed E-state index contributed by atoms with van der Waals surface area (Å²) in [5, 5.41) is 2.81. The molecule has 2 aromatic carbocycles. The molecule has 0 unspecified atom stereocenters. The van der Waals surface area contributed by atoms with Crippen LogP contribution in [0, 0.1) is 6.92 Å². The molecule has 20 heavy (non-hydrogen) atoms. The first-order valence-corrected chi connectivity index (χ1v) is 6.85. The van der Waals surface area contributed by atoms with Gasteiger partial charge >= 0.3 is 0 Å². The summed E-state index contributed by atoms with van der Waals surface area (Å²) < 4.78 is 0. The zero-order valence-corrected chi connectivity index (χ0v) is 12.3. The molecule has 0 radical (unpaired) electrons. The van der Waals surface area contributed by atoms with E-state index in [0.29, 0.717) is 0 Å². The van der Waals surface area contributed by atoms with E-state index < -0.39 is 0 Å². The van der Waals surface area contributed by atoms with Crippen LogP contribution < -0.4 is 5.32 Å². The standard InChI is InChI=1S/C16H15NO.C2H6/c1-13-7-10-15(11-8-13)17-16(18)12-9-14-5-3-2-4-6-14;1-2/h2-12H,1H3,(H,17,18);1-2H3/b12-9+;. The number of aryl methyl sites for hydroxylation is 1. The number of carbonyl (C=O) groups excluding carboxylic acids is 1. The fourth-order valence-electron chi connectivity index (χ4n) is 1.56. The Morgan fingerprint density at radius 3 is 2.15 bits per heavy atom. The van der Waals surface area contributed by atoms with Gasteiger partial charge in [0, 0.05) is 11.8 Å². The highest BCUT2D eigenvalue weighted by Gasteiger charge is 1.96. The zero-order chi connectivity index (χ0) is 14.8. The first-order chi connectivity index (χ1) is 9.74. The second kappa shape index (κ2) is 8.70. The van der Waals surface area contributed by atoms with E-state index in [-0.39, 0.29) is 5.91 Å². The van der Waals surface area contributed by atoms with E-state index >= 15 is 0 Å². The fourth-order valence-corrected chi connectivity index (χ4v) is 1.56. The lowest BCUT2D eigenvalue weighted by Crippen LogP contribution is -2.07. The van der Waals surface area contributed by atoms with Crippen LogP contribution in [-0.2, 0) is 4.79 Å². The molecule has 2 rings (SSSR count). The van der Waals surface area contributed by atoms with Gasteiger partial charge < -0.3 is 5.32 Å². The summed E-state index contributed by atoms with van der Waals surface area (Å²) >= 11 is 0. The van der Waals surface area contributed by atoms with Crippen molar-refractivity contribution in [1.82, 2.24) is 0 Å². The normalized spacial score (nSPS) is 9.75. The van der Waals surface area contributed by atoms with Gasteiger partial charge in [0.1, 0.15) is 0 Å². The van der Waals surface area contributed by atoms with Gasteiger partial charge in [-0.1, -0.05) is 61.9 Å². The molecular weight excluding hydrogens is 246 g/mol. The predicted octanol–water partition coefficient (Wildman–Crippen LogP) is 4.67. The largest absolute Gasteiger partial charge is 0.323 e. The molecule has 1 N–H and O–H groups in total. The van der Waals surface area contributed by atoms with Crippen molar-refractivity contribution in [3.8, 4) is 0 Å². The Morgan fingerprint density at radius 1 is 0.950 bits per heavy atom. The molecule has 2 nitrogen and oxygen atoms in total. The lowest BCUT2D eigenvalue weighted by Gasteiger charge is -2.02. The molecule has 104 valence electrons. The molecule has 0 aliphatic rings. The summed E-state index contributed by atoms with van der Waals surface area (Å²) in [6.07, 6.45) is 3.33. The van der Waals surface area contributed by atoms with Crippen molar-refractivity contribution in [2.45, 2.75) is 20.8 Å². The molecule has 0 bridgehead atoms. The van der Waals surface area contributed by atoms with E-state index in [0.717, 1.165) is 11.3 Å². The predicted molar refractivity (Wildman–Crippen MR) is 86.6 cm³/mol. The topological polar surface area (TPSA) is 29.1 Å². The molecule has 1 amide bonds. The first-order valence-electron chi connectivity index (χ1n) is 6.85. The van der Waals surface area contributed by atoms with E-state index in [4.69, 9.17) is 0 Å². The third-order valence-corrected chi connectivity index (χ3v) is 2.55. The van der Waals surface area contributed by atoms with Crippen LogP contribution >= 0.6 is 0 Å². The van der Waals surface area contributed by atoms with Gasteiger partial charge in [0.25, 0.3) is 0 Å². The summed E-state index contributed by atoms with van der Waals surface area (Å²) in [5.74, 6) is -0.122. The molecule has 0 heterocycles. The molecular formula is C18H21NO. The second-order valence-electron chi connectivity index (χ2n) is 4.10.